The van der Waals surface area contributed by atoms with Crippen LogP contribution in [0.5, 0.6) is 0 Å². The number of rotatable bonds is 4. The van der Waals surface area contributed by atoms with Crippen molar-refractivity contribution < 1.29 is 9.90 Å². The topological polar surface area (TPSA) is 37.3 Å². The van der Waals surface area contributed by atoms with Gasteiger partial charge in [-0.1, -0.05) is 66.2 Å². The molecule has 20 heavy (non-hydrogen) atoms. The van der Waals surface area contributed by atoms with Crippen LogP contribution in [-0.4, -0.2) is 11.1 Å². The van der Waals surface area contributed by atoms with Crippen molar-refractivity contribution in [2.24, 2.45) is 0 Å². The summed E-state index contributed by atoms with van der Waals surface area (Å²) in [7, 11) is 0. The van der Waals surface area contributed by atoms with Crippen molar-refractivity contribution in [3.63, 3.8) is 0 Å². The predicted octanol–water partition coefficient (Wildman–Crippen LogP) is 4.41. The molecular weight excluding hydrogens is 272 g/mol. The molecular formula is C17H13ClO2. The van der Waals surface area contributed by atoms with Crippen LogP contribution in [-0.2, 0) is 4.79 Å². The zero-order chi connectivity index (χ0) is 14.4. The SMILES string of the molecule is O=C(O)C=CC=C(c1ccccc1)c1ccc(Cl)cc1. The number of carbonyl (C=O) groups is 1. The molecule has 0 saturated carbocycles. The molecule has 0 aliphatic rings. The van der Waals surface area contributed by atoms with Gasteiger partial charge < -0.3 is 5.11 Å². The van der Waals surface area contributed by atoms with Crippen LogP contribution in [0.3, 0.4) is 0 Å². The number of carboxylic acid groups (broad SMARTS) is 1. The lowest BCUT2D eigenvalue weighted by Gasteiger charge is -2.07. The fourth-order valence-corrected chi connectivity index (χ4v) is 1.96. The summed E-state index contributed by atoms with van der Waals surface area (Å²) < 4.78 is 0. The third-order valence-electron chi connectivity index (χ3n) is 2.74. The fourth-order valence-electron chi connectivity index (χ4n) is 1.83. The third-order valence-corrected chi connectivity index (χ3v) is 2.99. The van der Waals surface area contributed by atoms with Gasteiger partial charge in [0.1, 0.15) is 0 Å². The Bertz CT molecular complexity index is 640. The minimum absolute atomic E-state index is 0.669. The first-order valence-electron chi connectivity index (χ1n) is 6.09. The van der Waals surface area contributed by atoms with Crippen molar-refractivity contribution in [2.45, 2.75) is 0 Å². The molecule has 3 heteroatoms. The minimum atomic E-state index is -0.968. The van der Waals surface area contributed by atoms with Crippen LogP contribution in [0.4, 0.5) is 0 Å². The monoisotopic (exact) mass is 284 g/mol. The molecule has 0 spiro atoms. The maximum absolute atomic E-state index is 10.6. The van der Waals surface area contributed by atoms with E-state index < -0.39 is 5.97 Å². The van der Waals surface area contributed by atoms with Gasteiger partial charge in [0.2, 0.25) is 0 Å². The molecule has 0 amide bonds. The van der Waals surface area contributed by atoms with Crippen molar-refractivity contribution in [3.05, 3.63) is 89.0 Å². The predicted molar refractivity (Wildman–Crippen MR) is 81.7 cm³/mol. The van der Waals surface area contributed by atoms with E-state index in [1.807, 2.05) is 54.6 Å². The molecule has 0 saturated heterocycles. The Morgan fingerprint density at radius 1 is 0.950 bits per heavy atom. The van der Waals surface area contributed by atoms with Gasteiger partial charge in [0, 0.05) is 11.1 Å². The van der Waals surface area contributed by atoms with Crippen molar-refractivity contribution >= 4 is 23.1 Å². The normalized spacial score (nSPS) is 11.8. The van der Waals surface area contributed by atoms with Crippen LogP contribution in [0, 0.1) is 0 Å². The molecule has 0 aromatic heterocycles. The first-order valence-corrected chi connectivity index (χ1v) is 6.47. The first-order chi connectivity index (χ1) is 9.66. The van der Waals surface area contributed by atoms with E-state index in [1.54, 1.807) is 6.08 Å². The summed E-state index contributed by atoms with van der Waals surface area (Å²) >= 11 is 5.90. The van der Waals surface area contributed by atoms with Gasteiger partial charge in [-0.05, 0) is 28.8 Å². The van der Waals surface area contributed by atoms with Gasteiger partial charge in [0.25, 0.3) is 0 Å². The van der Waals surface area contributed by atoms with Crippen LogP contribution >= 0.6 is 11.6 Å². The van der Waals surface area contributed by atoms with Crippen LogP contribution in [0.25, 0.3) is 5.57 Å². The van der Waals surface area contributed by atoms with Gasteiger partial charge in [-0.15, -0.1) is 0 Å². The van der Waals surface area contributed by atoms with Gasteiger partial charge >= 0.3 is 5.97 Å². The van der Waals surface area contributed by atoms with Crippen molar-refractivity contribution in [1.29, 1.82) is 0 Å². The van der Waals surface area contributed by atoms with Crippen molar-refractivity contribution in [1.82, 2.24) is 0 Å². The molecule has 2 aromatic carbocycles. The highest BCUT2D eigenvalue weighted by atomic mass is 35.5. The van der Waals surface area contributed by atoms with Crippen LogP contribution < -0.4 is 0 Å². The molecule has 0 unspecified atom stereocenters. The second-order valence-electron chi connectivity index (χ2n) is 4.15. The van der Waals surface area contributed by atoms with Gasteiger partial charge in [0.15, 0.2) is 0 Å². The van der Waals surface area contributed by atoms with Gasteiger partial charge in [-0.3, -0.25) is 0 Å². The van der Waals surface area contributed by atoms with Crippen LogP contribution in [0.2, 0.25) is 5.02 Å². The highest BCUT2D eigenvalue weighted by Gasteiger charge is 2.03. The largest absolute Gasteiger partial charge is 0.478 e. The summed E-state index contributed by atoms with van der Waals surface area (Å²) in [5.74, 6) is -0.968. The Labute approximate surface area is 122 Å². The lowest BCUT2D eigenvalue weighted by Crippen LogP contribution is -1.88. The van der Waals surface area contributed by atoms with Crippen LogP contribution in [0.15, 0.2) is 72.8 Å². The zero-order valence-corrected chi connectivity index (χ0v) is 11.4. The number of aliphatic carboxylic acids is 1. The number of benzene rings is 2. The number of hydrogen-bond donors (Lipinski definition) is 1. The number of hydrogen-bond acceptors (Lipinski definition) is 1. The summed E-state index contributed by atoms with van der Waals surface area (Å²) in [5.41, 5.74) is 2.94. The van der Waals surface area contributed by atoms with Crippen LogP contribution in [0.1, 0.15) is 11.1 Å². The van der Waals surface area contributed by atoms with E-state index in [-0.39, 0.29) is 0 Å². The summed E-state index contributed by atoms with van der Waals surface area (Å²) in [6.07, 6.45) is 4.42. The van der Waals surface area contributed by atoms with E-state index in [2.05, 4.69) is 0 Å². The molecule has 0 fully saturated rings. The van der Waals surface area contributed by atoms with Crippen molar-refractivity contribution in [3.8, 4) is 0 Å². The maximum Gasteiger partial charge on any atom is 0.328 e. The Hall–Kier alpha value is -2.32. The summed E-state index contributed by atoms with van der Waals surface area (Å²) in [5, 5.41) is 9.34. The smallest absolute Gasteiger partial charge is 0.328 e. The molecule has 1 N–H and O–H groups in total. The molecule has 0 radical (unpaired) electrons. The van der Waals surface area contributed by atoms with E-state index in [9.17, 15) is 4.79 Å². The lowest BCUT2D eigenvalue weighted by molar-refractivity contribution is -0.131. The first kappa shape index (κ1) is 14.1. The van der Waals surface area contributed by atoms with E-state index in [4.69, 9.17) is 16.7 Å². The highest BCUT2D eigenvalue weighted by Crippen LogP contribution is 2.24. The maximum atomic E-state index is 10.6. The summed E-state index contributed by atoms with van der Waals surface area (Å²) in [4.78, 5) is 10.6. The lowest BCUT2D eigenvalue weighted by atomic mass is 9.97. The molecule has 2 nitrogen and oxygen atoms in total. The standard InChI is InChI=1S/C17H13ClO2/c18-15-11-9-14(10-12-15)16(7-4-8-17(19)20)13-5-2-1-3-6-13/h1-12H,(H,19,20). The molecule has 2 rings (SSSR count). The number of halogens is 1. The Balaban J connectivity index is 2.44. The molecule has 2 aromatic rings. The van der Waals surface area contributed by atoms with Gasteiger partial charge in [-0.25, -0.2) is 4.79 Å². The van der Waals surface area contributed by atoms with Gasteiger partial charge in [0.05, 0.1) is 0 Å². The molecule has 0 bridgehead atoms. The summed E-state index contributed by atoms with van der Waals surface area (Å²) in [6.45, 7) is 0. The fraction of sp³-hybridized carbons (Fsp3) is 0. The second kappa shape index (κ2) is 6.73. The second-order valence-corrected chi connectivity index (χ2v) is 4.59. The van der Waals surface area contributed by atoms with E-state index in [1.165, 1.54) is 6.08 Å². The van der Waals surface area contributed by atoms with E-state index >= 15 is 0 Å². The number of allylic oxidation sites excluding steroid dienone is 2. The van der Waals surface area contributed by atoms with E-state index in [0.29, 0.717) is 5.02 Å². The summed E-state index contributed by atoms with van der Waals surface area (Å²) in [6, 6.07) is 17.2. The average molecular weight is 285 g/mol. The zero-order valence-electron chi connectivity index (χ0n) is 10.7. The molecule has 0 aliphatic carbocycles. The quantitative estimate of drug-likeness (QED) is 0.667. The van der Waals surface area contributed by atoms with Gasteiger partial charge in [-0.2, -0.15) is 0 Å². The van der Waals surface area contributed by atoms with Crippen molar-refractivity contribution in [2.75, 3.05) is 0 Å². The number of carboxylic acids is 1. The Morgan fingerprint density at radius 2 is 1.55 bits per heavy atom. The highest BCUT2D eigenvalue weighted by molar-refractivity contribution is 6.30. The van der Waals surface area contributed by atoms with E-state index in [0.717, 1.165) is 22.8 Å². The molecule has 0 heterocycles. The Kier molecular flexibility index (Phi) is 4.75. The molecule has 100 valence electrons. The molecule has 0 atom stereocenters. The molecule has 0 aliphatic heterocycles. The average Bonchev–Trinajstić information content (AvgIpc) is 2.46. The minimum Gasteiger partial charge on any atom is -0.478 e. The third kappa shape index (κ3) is 3.84. The Morgan fingerprint density at radius 3 is 2.15 bits per heavy atom.